The molecule has 7 heteroatoms. The first-order chi connectivity index (χ1) is 9.43. The van der Waals surface area contributed by atoms with Crippen molar-refractivity contribution in [1.29, 1.82) is 0 Å². The number of hydrogen-bond donors (Lipinski definition) is 1. The first-order valence-electron chi connectivity index (χ1n) is 6.25. The minimum atomic E-state index is -0.975. The minimum Gasteiger partial charge on any atom is -0.480 e. The number of carbonyl (C=O) groups is 2. The van der Waals surface area contributed by atoms with Crippen LogP contribution >= 0.6 is 27.3 Å². The average molecular weight is 362 g/mol. The van der Waals surface area contributed by atoms with Crippen LogP contribution in [0.3, 0.4) is 0 Å². The SMILES string of the molecule is COC1CC(C(=O)O)N(C(=O)C(C)c2ccc(Br)s2)C1. The van der Waals surface area contributed by atoms with E-state index in [1.807, 2.05) is 12.1 Å². The minimum absolute atomic E-state index is 0.161. The van der Waals surface area contributed by atoms with Crippen molar-refractivity contribution < 1.29 is 19.4 Å². The molecule has 1 fully saturated rings. The van der Waals surface area contributed by atoms with Crippen molar-refractivity contribution in [2.45, 2.75) is 31.4 Å². The van der Waals surface area contributed by atoms with Crippen LogP contribution in [0.25, 0.3) is 0 Å². The molecule has 3 atom stereocenters. The molecule has 1 aliphatic heterocycles. The molecule has 0 radical (unpaired) electrons. The van der Waals surface area contributed by atoms with Crippen LogP contribution in [0.15, 0.2) is 15.9 Å². The van der Waals surface area contributed by atoms with Gasteiger partial charge in [-0.3, -0.25) is 4.79 Å². The van der Waals surface area contributed by atoms with Crippen molar-refractivity contribution in [3.63, 3.8) is 0 Å². The summed E-state index contributed by atoms with van der Waals surface area (Å²) in [5.41, 5.74) is 0. The number of rotatable bonds is 4. The van der Waals surface area contributed by atoms with Crippen LogP contribution < -0.4 is 0 Å². The average Bonchev–Trinajstić information content (AvgIpc) is 3.02. The standard InChI is InChI=1S/C13H16BrNO4S/c1-7(10-3-4-11(14)20-10)12(16)15-6-8(19-2)5-9(15)13(17)18/h3-4,7-9H,5-6H2,1-2H3,(H,17,18). The van der Waals surface area contributed by atoms with Crippen molar-refractivity contribution in [3.8, 4) is 0 Å². The highest BCUT2D eigenvalue weighted by molar-refractivity contribution is 9.11. The lowest BCUT2D eigenvalue weighted by molar-refractivity contribution is -0.148. The monoisotopic (exact) mass is 361 g/mol. The van der Waals surface area contributed by atoms with E-state index in [-0.39, 0.29) is 17.9 Å². The number of halogens is 1. The van der Waals surface area contributed by atoms with Crippen LogP contribution in [-0.4, -0.2) is 47.7 Å². The Morgan fingerprint density at radius 1 is 1.55 bits per heavy atom. The van der Waals surface area contributed by atoms with Gasteiger partial charge >= 0.3 is 5.97 Å². The van der Waals surface area contributed by atoms with E-state index in [2.05, 4.69) is 15.9 Å². The highest BCUT2D eigenvalue weighted by atomic mass is 79.9. The zero-order valence-electron chi connectivity index (χ0n) is 11.2. The van der Waals surface area contributed by atoms with Gasteiger partial charge in [-0.05, 0) is 35.0 Å². The first-order valence-corrected chi connectivity index (χ1v) is 7.86. The lowest BCUT2D eigenvalue weighted by Crippen LogP contribution is -2.42. The number of carboxylic acids is 1. The van der Waals surface area contributed by atoms with Gasteiger partial charge in [0.1, 0.15) is 6.04 Å². The molecule has 20 heavy (non-hydrogen) atoms. The molecule has 0 aromatic carbocycles. The van der Waals surface area contributed by atoms with Gasteiger partial charge in [-0.25, -0.2) is 4.79 Å². The molecule has 0 saturated carbocycles. The Morgan fingerprint density at radius 2 is 2.25 bits per heavy atom. The summed E-state index contributed by atoms with van der Waals surface area (Å²) in [6.45, 7) is 2.14. The summed E-state index contributed by atoms with van der Waals surface area (Å²) in [6, 6.07) is 2.98. The maximum Gasteiger partial charge on any atom is 0.326 e. The Balaban J connectivity index is 2.16. The highest BCUT2D eigenvalue weighted by Gasteiger charge is 2.41. The number of aliphatic carboxylic acids is 1. The molecule has 0 spiro atoms. The molecule has 1 saturated heterocycles. The Hall–Kier alpha value is -0.920. The van der Waals surface area contributed by atoms with Crippen LogP contribution in [0.1, 0.15) is 24.1 Å². The summed E-state index contributed by atoms with van der Waals surface area (Å²) in [7, 11) is 1.54. The van der Waals surface area contributed by atoms with Gasteiger partial charge in [0.2, 0.25) is 5.91 Å². The third kappa shape index (κ3) is 3.05. The van der Waals surface area contributed by atoms with E-state index in [4.69, 9.17) is 4.74 Å². The van der Waals surface area contributed by atoms with Gasteiger partial charge in [-0.1, -0.05) is 0 Å². The summed E-state index contributed by atoms with van der Waals surface area (Å²) in [5.74, 6) is -1.48. The van der Waals surface area contributed by atoms with Gasteiger partial charge < -0.3 is 14.7 Å². The summed E-state index contributed by atoms with van der Waals surface area (Å²) in [6.07, 6.45) is 0.139. The van der Waals surface area contributed by atoms with Gasteiger partial charge in [0.15, 0.2) is 0 Å². The van der Waals surface area contributed by atoms with Gasteiger partial charge in [-0.15, -0.1) is 11.3 Å². The number of likely N-dealkylation sites (tertiary alicyclic amines) is 1. The fourth-order valence-corrected chi connectivity index (χ4v) is 3.85. The molecule has 2 heterocycles. The Labute approximate surface area is 129 Å². The molecule has 1 aliphatic rings. The topological polar surface area (TPSA) is 66.8 Å². The maximum absolute atomic E-state index is 12.5. The van der Waals surface area contributed by atoms with Gasteiger partial charge in [0, 0.05) is 25.0 Å². The second-order valence-electron chi connectivity index (χ2n) is 4.80. The number of nitrogens with zero attached hydrogens (tertiary/aromatic N) is 1. The lowest BCUT2D eigenvalue weighted by Gasteiger charge is -2.24. The summed E-state index contributed by atoms with van der Waals surface area (Å²) < 4.78 is 6.16. The zero-order chi connectivity index (χ0) is 14.9. The number of methoxy groups -OCH3 is 1. The largest absolute Gasteiger partial charge is 0.480 e. The molecular formula is C13H16BrNO4S. The van der Waals surface area contributed by atoms with E-state index in [0.29, 0.717) is 13.0 Å². The van der Waals surface area contributed by atoms with Crippen LogP contribution in [0.5, 0.6) is 0 Å². The van der Waals surface area contributed by atoms with Gasteiger partial charge in [0.25, 0.3) is 0 Å². The van der Waals surface area contributed by atoms with Crippen LogP contribution in [0.2, 0.25) is 0 Å². The van der Waals surface area contributed by atoms with E-state index < -0.39 is 12.0 Å². The van der Waals surface area contributed by atoms with Crippen molar-refractivity contribution >= 4 is 39.1 Å². The molecule has 1 aromatic rings. The number of thiophene rings is 1. The smallest absolute Gasteiger partial charge is 0.326 e. The van der Waals surface area contributed by atoms with Crippen LogP contribution in [0, 0.1) is 0 Å². The maximum atomic E-state index is 12.5. The molecule has 3 unspecified atom stereocenters. The molecule has 5 nitrogen and oxygen atoms in total. The van der Waals surface area contributed by atoms with Gasteiger partial charge in [0.05, 0.1) is 15.8 Å². The first kappa shape index (κ1) is 15.5. The third-order valence-corrected chi connectivity index (χ3v) is 5.36. The zero-order valence-corrected chi connectivity index (χ0v) is 13.6. The van der Waals surface area contributed by atoms with Crippen molar-refractivity contribution in [1.82, 2.24) is 4.90 Å². The molecule has 1 amide bonds. The third-order valence-electron chi connectivity index (χ3n) is 3.56. The molecular weight excluding hydrogens is 346 g/mol. The highest BCUT2D eigenvalue weighted by Crippen LogP contribution is 2.31. The Morgan fingerprint density at radius 3 is 2.75 bits per heavy atom. The van der Waals surface area contributed by atoms with E-state index in [9.17, 15) is 14.7 Å². The number of amides is 1. The molecule has 2 rings (SSSR count). The van der Waals surface area contributed by atoms with E-state index in [0.717, 1.165) is 8.66 Å². The Bertz CT molecular complexity index is 518. The van der Waals surface area contributed by atoms with Crippen molar-refractivity contribution in [2.24, 2.45) is 0 Å². The number of ether oxygens (including phenoxy) is 1. The lowest BCUT2D eigenvalue weighted by atomic mass is 10.1. The summed E-state index contributed by atoms with van der Waals surface area (Å²) >= 11 is 4.86. The second-order valence-corrected chi connectivity index (χ2v) is 7.30. The van der Waals surface area contributed by atoms with E-state index in [1.165, 1.54) is 23.3 Å². The van der Waals surface area contributed by atoms with Crippen molar-refractivity contribution in [3.05, 3.63) is 20.8 Å². The number of carboxylic acid groups (broad SMARTS) is 1. The predicted molar refractivity (Wildman–Crippen MR) is 79.0 cm³/mol. The van der Waals surface area contributed by atoms with E-state index >= 15 is 0 Å². The fraction of sp³-hybridized carbons (Fsp3) is 0.538. The normalized spacial score (nSPS) is 23.9. The quantitative estimate of drug-likeness (QED) is 0.893. The molecule has 1 N–H and O–H groups in total. The molecule has 0 aliphatic carbocycles. The molecule has 1 aromatic heterocycles. The second kappa shape index (κ2) is 6.24. The molecule has 0 bridgehead atoms. The number of hydrogen-bond acceptors (Lipinski definition) is 4. The van der Waals surface area contributed by atoms with Crippen LogP contribution in [-0.2, 0) is 14.3 Å². The van der Waals surface area contributed by atoms with E-state index in [1.54, 1.807) is 6.92 Å². The Kier molecular flexibility index (Phi) is 4.82. The van der Waals surface area contributed by atoms with Crippen LogP contribution in [0.4, 0.5) is 0 Å². The molecule has 110 valence electrons. The number of carbonyl (C=O) groups excluding carboxylic acids is 1. The predicted octanol–water partition coefficient (Wildman–Crippen LogP) is 2.31. The van der Waals surface area contributed by atoms with Gasteiger partial charge in [-0.2, -0.15) is 0 Å². The summed E-state index contributed by atoms with van der Waals surface area (Å²) in [4.78, 5) is 26.2. The fourth-order valence-electron chi connectivity index (χ4n) is 2.38. The summed E-state index contributed by atoms with van der Waals surface area (Å²) in [5, 5.41) is 9.25. The van der Waals surface area contributed by atoms with Crippen molar-refractivity contribution in [2.75, 3.05) is 13.7 Å².